The molecule has 2 atom stereocenters. The summed E-state index contributed by atoms with van der Waals surface area (Å²) in [6.07, 6.45) is 2.40. The van der Waals surface area contributed by atoms with Crippen molar-refractivity contribution in [3.05, 3.63) is 35.6 Å². The number of halogens is 1. The molecule has 1 heterocycles. The molecule has 0 bridgehead atoms. The van der Waals surface area contributed by atoms with Crippen LogP contribution in [0.2, 0.25) is 0 Å². The smallest absolute Gasteiger partial charge is 0.223 e. The minimum absolute atomic E-state index is 0.00645. The molecule has 1 amide bonds. The summed E-state index contributed by atoms with van der Waals surface area (Å²) in [7, 11) is -3.06. The molecule has 0 saturated carbocycles. The molecule has 1 aliphatic heterocycles. The lowest BCUT2D eigenvalue weighted by Crippen LogP contribution is -2.31. The summed E-state index contributed by atoms with van der Waals surface area (Å²) in [4.78, 5) is 14.1. The SMILES string of the molecule is C[C@H]1C[C@H](c2ccccc2F)N(C(=O)CCCS(C)(=O)=O)C1. The van der Waals surface area contributed by atoms with Crippen LogP contribution in [0.25, 0.3) is 0 Å². The van der Waals surface area contributed by atoms with Gasteiger partial charge in [0.1, 0.15) is 15.7 Å². The molecular formula is C16H22FNO3S. The molecule has 22 heavy (non-hydrogen) atoms. The van der Waals surface area contributed by atoms with Crippen LogP contribution in [-0.4, -0.2) is 37.8 Å². The lowest BCUT2D eigenvalue weighted by Gasteiger charge is -2.25. The second-order valence-corrected chi connectivity index (χ2v) is 8.42. The number of carbonyl (C=O) groups excluding carboxylic acids is 1. The molecule has 0 N–H and O–H groups in total. The van der Waals surface area contributed by atoms with E-state index in [1.165, 1.54) is 6.07 Å². The van der Waals surface area contributed by atoms with E-state index in [1.807, 2.05) is 6.92 Å². The molecule has 122 valence electrons. The molecule has 0 aromatic heterocycles. The monoisotopic (exact) mass is 327 g/mol. The Morgan fingerprint density at radius 1 is 1.36 bits per heavy atom. The standard InChI is InChI=1S/C16H22FNO3S/c1-12-10-15(13-6-3-4-7-14(13)17)18(11-12)16(19)8-5-9-22(2,20)21/h3-4,6-7,12,15H,5,8-11H2,1-2H3/t12-,15+/m0/s1. The number of hydrogen-bond donors (Lipinski definition) is 0. The highest BCUT2D eigenvalue weighted by atomic mass is 32.2. The van der Waals surface area contributed by atoms with Crippen LogP contribution in [0.5, 0.6) is 0 Å². The number of carbonyl (C=O) groups is 1. The van der Waals surface area contributed by atoms with Crippen molar-refractivity contribution in [1.82, 2.24) is 4.90 Å². The zero-order valence-electron chi connectivity index (χ0n) is 13.0. The van der Waals surface area contributed by atoms with Crippen molar-refractivity contribution < 1.29 is 17.6 Å². The fourth-order valence-corrected chi connectivity index (χ4v) is 3.66. The maximum absolute atomic E-state index is 14.0. The third kappa shape index (κ3) is 4.29. The highest BCUT2D eigenvalue weighted by Crippen LogP contribution is 2.36. The topological polar surface area (TPSA) is 54.5 Å². The molecule has 0 spiro atoms. The van der Waals surface area contributed by atoms with Crippen molar-refractivity contribution >= 4 is 15.7 Å². The van der Waals surface area contributed by atoms with Crippen LogP contribution >= 0.6 is 0 Å². The van der Waals surface area contributed by atoms with Gasteiger partial charge in [-0.2, -0.15) is 0 Å². The molecule has 1 aliphatic rings. The van der Waals surface area contributed by atoms with E-state index in [4.69, 9.17) is 0 Å². The number of amides is 1. The minimum Gasteiger partial charge on any atom is -0.335 e. The Labute approximate surface area is 131 Å². The Hall–Kier alpha value is -1.43. The van der Waals surface area contributed by atoms with Gasteiger partial charge in [-0.3, -0.25) is 4.79 Å². The fourth-order valence-electron chi connectivity index (χ4n) is 2.99. The van der Waals surface area contributed by atoms with Gasteiger partial charge in [0.2, 0.25) is 5.91 Å². The van der Waals surface area contributed by atoms with Crippen LogP contribution in [0.3, 0.4) is 0 Å². The molecule has 1 aromatic rings. The van der Waals surface area contributed by atoms with Crippen LogP contribution < -0.4 is 0 Å². The van der Waals surface area contributed by atoms with Crippen molar-refractivity contribution in [3.8, 4) is 0 Å². The maximum Gasteiger partial charge on any atom is 0.223 e. The fraction of sp³-hybridized carbons (Fsp3) is 0.562. The zero-order valence-corrected chi connectivity index (χ0v) is 13.8. The van der Waals surface area contributed by atoms with E-state index >= 15 is 0 Å². The van der Waals surface area contributed by atoms with Crippen LogP contribution in [0.15, 0.2) is 24.3 Å². The molecule has 1 saturated heterocycles. The maximum atomic E-state index is 14.0. The van der Waals surface area contributed by atoms with Crippen LogP contribution in [0.1, 0.15) is 37.8 Å². The third-order valence-corrected chi connectivity index (χ3v) is 5.03. The lowest BCUT2D eigenvalue weighted by molar-refractivity contribution is -0.132. The molecule has 6 heteroatoms. The second-order valence-electron chi connectivity index (χ2n) is 6.16. The largest absolute Gasteiger partial charge is 0.335 e. The molecule has 4 nitrogen and oxygen atoms in total. The van der Waals surface area contributed by atoms with Crippen molar-refractivity contribution in [2.45, 2.75) is 32.2 Å². The van der Waals surface area contributed by atoms with Gasteiger partial charge in [0, 0.05) is 24.8 Å². The molecule has 1 fully saturated rings. The highest BCUT2D eigenvalue weighted by molar-refractivity contribution is 7.90. The Bertz CT molecular complexity index is 645. The first kappa shape index (κ1) is 16.9. The molecule has 0 unspecified atom stereocenters. The number of likely N-dealkylation sites (tertiary alicyclic amines) is 1. The van der Waals surface area contributed by atoms with Gasteiger partial charge < -0.3 is 4.90 Å². The van der Waals surface area contributed by atoms with Gasteiger partial charge in [0.15, 0.2) is 0 Å². The van der Waals surface area contributed by atoms with Gasteiger partial charge in [-0.05, 0) is 24.8 Å². The van der Waals surface area contributed by atoms with Gasteiger partial charge in [0.05, 0.1) is 11.8 Å². The van der Waals surface area contributed by atoms with Crippen LogP contribution in [0.4, 0.5) is 4.39 Å². The Kier molecular flexibility index (Phi) is 5.21. The summed E-state index contributed by atoms with van der Waals surface area (Å²) < 4.78 is 36.3. The minimum atomic E-state index is -3.06. The summed E-state index contributed by atoms with van der Waals surface area (Å²) in [6, 6.07) is 6.28. The van der Waals surface area contributed by atoms with Crippen molar-refractivity contribution in [3.63, 3.8) is 0 Å². The average molecular weight is 327 g/mol. The van der Waals surface area contributed by atoms with Gasteiger partial charge >= 0.3 is 0 Å². The number of rotatable bonds is 5. The zero-order chi connectivity index (χ0) is 16.3. The average Bonchev–Trinajstić information content (AvgIpc) is 2.79. The van der Waals surface area contributed by atoms with Crippen LogP contribution in [-0.2, 0) is 14.6 Å². The number of sulfone groups is 1. The van der Waals surface area contributed by atoms with E-state index in [0.717, 1.165) is 12.7 Å². The Morgan fingerprint density at radius 3 is 2.68 bits per heavy atom. The van der Waals surface area contributed by atoms with E-state index in [1.54, 1.807) is 23.1 Å². The normalized spacial score (nSPS) is 22.0. The molecule has 1 aromatic carbocycles. The van der Waals surface area contributed by atoms with E-state index in [2.05, 4.69) is 0 Å². The van der Waals surface area contributed by atoms with E-state index < -0.39 is 9.84 Å². The lowest BCUT2D eigenvalue weighted by atomic mass is 10.0. The van der Waals surface area contributed by atoms with Crippen molar-refractivity contribution in [1.29, 1.82) is 0 Å². The molecular weight excluding hydrogens is 305 g/mol. The predicted molar refractivity (Wildman–Crippen MR) is 83.6 cm³/mol. The van der Waals surface area contributed by atoms with E-state index in [9.17, 15) is 17.6 Å². The van der Waals surface area contributed by atoms with Crippen molar-refractivity contribution in [2.75, 3.05) is 18.6 Å². The van der Waals surface area contributed by atoms with Gasteiger partial charge in [-0.1, -0.05) is 25.1 Å². The van der Waals surface area contributed by atoms with E-state index in [-0.39, 0.29) is 29.9 Å². The predicted octanol–water partition coefficient (Wildman–Crippen LogP) is 2.56. The number of hydrogen-bond acceptors (Lipinski definition) is 3. The molecule has 0 aliphatic carbocycles. The third-order valence-electron chi connectivity index (χ3n) is 4.00. The quantitative estimate of drug-likeness (QED) is 0.835. The number of nitrogens with zero attached hydrogens (tertiary/aromatic N) is 1. The van der Waals surface area contributed by atoms with Crippen LogP contribution in [0, 0.1) is 11.7 Å². The van der Waals surface area contributed by atoms with Gasteiger partial charge in [0.25, 0.3) is 0 Å². The summed E-state index contributed by atoms with van der Waals surface area (Å²) in [5.41, 5.74) is 0.545. The Balaban J connectivity index is 2.08. The first-order valence-corrected chi connectivity index (χ1v) is 9.55. The molecule has 2 rings (SSSR count). The second kappa shape index (κ2) is 6.77. The Morgan fingerprint density at radius 2 is 2.05 bits per heavy atom. The molecule has 0 radical (unpaired) electrons. The highest BCUT2D eigenvalue weighted by Gasteiger charge is 2.35. The first-order chi connectivity index (χ1) is 10.3. The number of benzene rings is 1. The van der Waals surface area contributed by atoms with E-state index in [0.29, 0.717) is 24.4 Å². The summed E-state index contributed by atoms with van der Waals surface area (Å²) in [6.45, 7) is 2.63. The summed E-state index contributed by atoms with van der Waals surface area (Å²) in [5.74, 6) is -0.0767. The summed E-state index contributed by atoms with van der Waals surface area (Å²) in [5, 5.41) is 0. The first-order valence-electron chi connectivity index (χ1n) is 7.49. The van der Waals surface area contributed by atoms with Gasteiger partial charge in [-0.25, -0.2) is 12.8 Å². The van der Waals surface area contributed by atoms with Crippen molar-refractivity contribution in [2.24, 2.45) is 5.92 Å². The van der Waals surface area contributed by atoms with Gasteiger partial charge in [-0.15, -0.1) is 0 Å². The summed E-state index contributed by atoms with van der Waals surface area (Å²) >= 11 is 0.